The Bertz CT molecular complexity index is 337. The highest BCUT2D eigenvalue weighted by Gasteiger charge is 2.16. The highest BCUT2D eigenvalue weighted by atomic mass is 16.5. The Labute approximate surface area is 88.8 Å². The molecule has 2 heterocycles. The molecule has 0 bridgehead atoms. The molecular formula is C10H15N3O2. The molecule has 0 amide bonds. The zero-order valence-corrected chi connectivity index (χ0v) is 8.99. The van der Waals surface area contributed by atoms with Crippen molar-refractivity contribution in [3.8, 4) is 5.88 Å². The number of anilines is 1. The van der Waals surface area contributed by atoms with E-state index in [2.05, 4.69) is 15.3 Å². The fraction of sp³-hybridized carbons (Fsp3) is 0.600. The third kappa shape index (κ3) is 2.56. The number of nitrogens with one attached hydrogen (secondary N) is 1. The van der Waals surface area contributed by atoms with Crippen molar-refractivity contribution in [2.75, 3.05) is 25.6 Å². The van der Waals surface area contributed by atoms with E-state index in [1.54, 1.807) is 13.2 Å². The molecule has 15 heavy (non-hydrogen) atoms. The van der Waals surface area contributed by atoms with Crippen LogP contribution >= 0.6 is 0 Å². The Balaban J connectivity index is 2.09. The lowest BCUT2D eigenvalue weighted by molar-refractivity contribution is 0.195. The normalized spacial score (nSPS) is 20.3. The Hall–Kier alpha value is -1.36. The summed E-state index contributed by atoms with van der Waals surface area (Å²) in [4.78, 5) is 8.41. The molecule has 0 spiro atoms. The summed E-state index contributed by atoms with van der Waals surface area (Å²) < 4.78 is 10.4. The van der Waals surface area contributed by atoms with E-state index in [-0.39, 0.29) is 0 Å². The lowest BCUT2D eigenvalue weighted by Crippen LogP contribution is -2.20. The summed E-state index contributed by atoms with van der Waals surface area (Å²) in [5.41, 5.74) is 0. The number of rotatable bonds is 3. The molecule has 1 saturated heterocycles. The van der Waals surface area contributed by atoms with Crippen molar-refractivity contribution in [3.05, 3.63) is 11.9 Å². The Morgan fingerprint density at radius 2 is 2.40 bits per heavy atom. The quantitative estimate of drug-likeness (QED) is 0.804. The molecular weight excluding hydrogens is 194 g/mol. The van der Waals surface area contributed by atoms with Gasteiger partial charge in [-0.1, -0.05) is 0 Å². The van der Waals surface area contributed by atoms with Gasteiger partial charge in [0.05, 0.1) is 19.8 Å². The van der Waals surface area contributed by atoms with Gasteiger partial charge in [0.2, 0.25) is 5.88 Å². The summed E-state index contributed by atoms with van der Waals surface area (Å²) >= 11 is 0. The van der Waals surface area contributed by atoms with E-state index >= 15 is 0 Å². The second kappa shape index (κ2) is 4.44. The van der Waals surface area contributed by atoms with Crippen LogP contribution in [0.2, 0.25) is 0 Å². The first kappa shape index (κ1) is 10.2. The van der Waals surface area contributed by atoms with Crippen LogP contribution in [0.3, 0.4) is 0 Å². The largest absolute Gasteiger partial charge is 0.481 e. The minimum absolute atomic E-state index is 0.351. The Morgan fingerprint density at radius 3 is 3.07 bits per heavy atom. The SMILES string of the molecule is COc1cc(NC2CCOC2)nc(C)n1. The Morgan fingerprint density at radius 1 is 1.53 bits per heavy atom. The summed E-state index contributed by atoms with van der Waals surface area (Å²) in [5.74, 6) is 2.09. The number of ether oxygens (including phenoxy) is 2. The third-order valence-electron chi connectivity index (χ3n) is 2.31. The number of hydrogen-bond acceptors (Lipinski definition) is 5. The van der Waals surface area contributed by atoms with E-state index in [4.69, 9.17) is 9.47 Å². The van der Waals surface area contributed by atoms with Gasteiger partial charge in [0.15, 0.2) is 0 Å². The summed E-state index contributed by atoms with van der Waals surface area (Å²) in [6.45, 7) is 3.41. The smallest absolute Gasteiger partial charge is 0.218 e. The molecule has 1 unspecified atom stereocenters. The highest BCUT2D eigenvalue weighted by Crippen LogP contribution is 2.16. The molecule has 1 fully saturated rings. The van der Waals surface area contributed by atoms with E-state index in [0.29, 0.717) is 17.7 Å². The summed E-state index contributed by atoms with van der Waals surface area (Å²) in [5, 5.41) is 3.30. The molecule has 82 valence electrons. The second-order valence-electron chi connectivity index (χ2n) is 3.55. The molecule has 5 nitrogen and oxygen atoms in total. The summed E-state index contributed by atoms with van der Waals surface area (Å²) in [7, 11) is 1.60. The molecule has 1 aromatic heterocycles. The fourth-order valence-electron chi connectivity index (χ4n) is 1.58. The Kier molecular flexibility index (Phi) is 3.01. The van der Waals surface area contributed by atoms with Crippen LogP contribution in [0, 0.1) is 6.92 Å². The van der Waals surface area contributed by atoms with E-state index in [1.807, 2.05) is 6.92 Å². The third-order valence-corrected chi connectivity index (χ3v) is 2.31. The fourth-order valence-corrected chi connectivity index (χ4v) is 1.58. The maximum Gasteiger partial charge on any atom is 0.218 e. The van der Waals surface area contributed by atoms with Gasteiger partial charge in [0.1, 0.15) is 11.6 Å². The standard InChI is InChI=1S/C10H15N3O2/c1-7-11-9(5-10(12-7)14-2)13-8-3-4-15-6-8/h5,8H,3-4,6H2,1-2H3,(H,11,12,13). The van der Waals surface area contributed by atoms with Crippen LogP contribution in [0.1, 0.15) is 12.2 Å². The minimum Gasteiger partial charge on any atom is -0.481 e. The molecule has 1 aliphatic rings. The predicted molar refractivity (Wildman–Crippen MR) is 56.2 cm³/mol. The zero-order chi connectivity index (χ0) is 10.7. The van der Waals surface area contributed by atoms with Gasteiger partial charge < -0.3 is 14.8 Å². The van der Waals surface area contributed by atoms with Crippen molar-refractivity contribution < 1.29 is 9.47 Å². The minimum atomic E-state index is 0.351. The molecule has 0 saturated carbocycles. The maximum atomic E-state index is 5.28. The van der Waals surface area contributed by atoms with Crippen LogP contribution in [-0.4, -0.2) is 36.3 Å². The number of aromatic nitrogens is 2. The molecule has 5 heteroatoms. The number of nitrogens with zero attached hydrogens (tertiary/aromatic N) is 2. The number of methoxy groups -OCH3 is 1. The van der Waals surface area contributed by atoms with Crippen LogP contribution in [0.4, 0.5) is 5.82 Å². The van der Waals surface area contributed by atoms with E-state index in [1.165, 1.54) is 0 Å². The maximum absolute atomic E-state index is 5.28. The van der Waals surface area contributed by atoms with Crippen molar-refractivity contribution in [2.24, 2.45) is 0 Å². The second-order valence-corrected chi connectivity index (χ2v) is 3.55. The topological polar surface area (TPSA) is 56.3 Å². The van der Waals surface area contributed by atoms with Gasteiger partial charge in [-0.05, 0) is 13.3 Å². The van der Waals surface area contributed by atoms with Crippen molar-refractivity contribution in [3.63, 3.8) is 0 Å². The highest BCUT2D eigenvalue weighted by molar-refractivity contribution is 5.39. The molecule has 1 aromatic rings. The number of hydrogen-bond donors (Lipinski definition) is 1. The van der Waals surface area contributed by atoms with Crippen molar-refractivity contribution in [1.29, 1.82) is 0 Å². The first-order valence-corrected chi connectivity index (χ1v) is 5.02. The van der Waals surface area contributed by atoms with Gasteiger partial charge in [-0.3, -0.25) is 0 Å². The van der Waals surface area contributed by atoms with Gasteiger partial charge in [-0.2, -0.15) is 4.98 Å². The van der Waals surface area contributed by atoms with Crippen molar-refractivity contribution >= 4 is 5.82 Å². The number of aryl methyl sites for hydroxylation is 1. The monoisotopic (exact) mass is 209 g/mol. The van der Waals surface area contributed by atoms with E-state index in [9.17, 15) is 0 Å². The first-order valence-electron chi connectivity index (χ1n) is 5.02. The van der Waals surface area contributed by atoms with Gasteiger partial charge in [0, 0.05) is 12.7 Å². The lowest BCUT2D eigenvalue weighted by Gasteiger charge is -2.12. The average Bonchev–Trinajstić information content (AvgIpc) is 2.69. The molecule has 0 aliphatic carbocycles. The molecule has 1 aliphatic heterocycles. The lowest BCUT2D eigenvalue weighted by atomic mass is 10.2. The van der Waals surface area contributed by atoms with Crippen molar-refractivity contribution in [1.82, 2.24) is 9.97 Å². The summed E-state index contributed by atoms with van der Waals surface area (Å²) in [6.07, 6.45) is 1.02. The predicted octanol–water partition coefficient (Wildman–Crippen LogP) is 0.994. The van der Waals surface area contributed by atoms with E-state index < -0.39 is 0 Å². The first-order chi connectivity index (χ1) is 7.28. The molecule has 2 rings (SSSR count). The van der Waals surface area contributed by atoms with Crippen molar-refractivity contribution in [2.45, 2.75) is 19.4 Å². The van der Waals surface area contributed by atoms with Gasteiger partial charge in [-0.25, -0.2) is 4.98 Å². The molecule has 0 aromatic carbocycles. The molecule has 1 atom stereocenters. The van der Waals surface area contributed by atoms with Crippen LogP contribution < -0.4 is 10.1 Å². The average molecular weight is 209 g/mol. The van der Waals surface area contributed by atoms with E-state index in [0.717, 1.165) is 25.5 Å². The zero-order valence-electron chi connectivity index (χ0n) is 8.99. The van der Waals surface area contributed by atoms with Gasteiger partial charge >= 0.3 is 0 Å². The van der Waals surface area contributed by atoms with Crippen LogP contribution in [0.5, 0.6) is 5.88 Å². The van der Waals surface area contributed by atoms with Crippen LogP contribution in [0.15, 0.2) is 6.07 Å². The van der Waals surface area contributed by atoms with Crippen LogP contribution in [0.25, 0.3) is 0 Å². The van der Waals surface area contributed by atoms with Gasteiger partial charge in [-0.15, -0.1) is 0 Å². The summed E-state index contributed by atoms with van der Waals surface area (Å²) in [6, 6.07) is 2.15. The molecule has 0 radical (unpaired) electrons. The van der Waals surface area contributed by atoms with Crippen LogP contribution in [-0.2, 0) is 4.74 Å². The molecule has 1 N–H and O–H groups in total. The van der Waals surface area contributed by atoms with Gasteiger partial charge in [0.25, 0.3) is 0 Å².